The van der Waals surface area contributed by atoms with Crippen molar-refractivity contribution in [3.8, 4) is 0 Å². The number of esters is 2. The van der Waals surface area contributed by atoms with E-state index in [2.05, 4.69) is 10.3 Å². The summed E-state index contributed by atoms with van der Waals surface area (Å²) in [6.45, 7) is 3.62. The van der Waals surface area contributed by atoms with Crippen LogP contribution in [0.4, 0.5) is 5.69 Å². The molecule has 108 valence electrons. The number of carbonyl (C=O) groups is 2. The van der Waals surface area contributed by atoms with Crippen LogP contribution in [0.2, 0.25) is 5.02 Å². The van der Waals surface area contributed by atoms with Gasteiger partial charge in [0.2, 0.25) is 0 Å². The third-order valence-corrected chi connectivity index (χ3v) is 2.29. The number of rotatable bonds is 6. The molecule has 1 rings (SSSR count). The Labute approximate surface area is 121 Å². The molecule has 1 aromatic rings. The molecular weight excluding hydrogens is 284 g/mol. The van der Waals surface area contributed by atoms with Crippen LogP contribution in [-0.2, 0) is 19.1 Å². The maximum Gasteiger partial charge on any atom is 0.347 e. The Morgan fingerprint density at radius 3 is 2.35 bits per heavy atom. The number of halogens is 1. The summed E-state index contributed by atoms with van der Waals surface area (Å²) in [6, 6.07) is 1.60. The first kappa shape index (κ1) is 16.0. The highest BCUT2D eigenvalue weighted by molar-refractivity contribution is 6.30. The van der Waals surface area contributed by atoms with Gasteiger partial charge in [-0.1, -0.05) is 11.6 Å². The number of hydrogen-bond acceptors (Lipinski definition) is 6. The molecule has 0 fully saturated rings. The van der Waals surface area contributed by atoms with E-state index in [4.69, 9.17) is 21.1 Å². The van der Waals surface area contributed by atoms with Gasteiger partial charge in [-0.25, -0.2) is 9.59 Å². The van der Waals surface area contributed by atoms with Gasteiger partial charge < -0.3 is 14.8 Å². The molecule has 1 N–H and O–H groups in total. The molecule has 0 saturated heterocycles. The van der Waals surface area contributed by atoms with Crippen LogP contribution in [-0.4, -0.2) is 30.1 Å². The van der Waals surface area contributed by atoms with Crippen LogP contribution in [0, 0.1) is 0 Å². The Balaban J connectivity index is 2.89. The Bertz CT molecular complexity index is 497. The fraction of sp³-hybridized carbons (Fsp3) is 0.308. The van der Waals surface area contributed by atoms with Crippen LogP contribution in [0.1, 0.15) is 13.8 Å². The molecule has 6 nitrogen and oxygen atoms in total. The minimum atomic E-state index is -0.756. The predicted molar refractivity (Wildman–Crippen MR) is 74.2 cm³/mol. The summed E-state index contributed by atoms with van der Waals surface area (Å²) < 4.78 is 9.59. The number of hydrogen-bond donors (Lipinski definition) is 1. The first-order valence-corrected chi connectivity index (χ1v) is 6.37. The van der Waals surface area contributed by atoms with Crippen molar-refractivity contribution in [2.75, 3.05) is 18.5 Å². The van der Waals surface area contributed by atoms with E-state index in [1.165, 1.54) is 18.6 Å². The monoisotopic (exact) mass is 298 g/mol. The molecule has 7 heteroatoms. The van der Waals surface area contributed by atoms with Crippen molar-refractivity contribution in [1.82, 2.24) is 4.98 Å². The maximum absolute atomic E-state index is 11.7. The lowest BCUT2D eigenvalue weighted by atomic mass is 10.3. The molecule has 0 aliphatic carbocycles. The molecule has 1 heterocycles. The van der Waals surface area contributed by atoms with E-state index in [0.29, 0.717) is 10.7 Å². The highest BCUT2D eigenvalue weighted by Crippen LogP contribution is 2.13. The van der Waals surface area contributed by atoms with Gasteiger partial charge in [-0.3, -0.25) is 4.98 Å². The number of aromatic nitrogens is 1. The number of carbonyl (C=O) groups excluding carboxylic acids is 2. The summed E-state index contributed by atoms with van der Waals surface area (Å²) in [5, 5.41) is 3.18. The molecule has 0 aliphatic heterocycles. The second-order valence-electron chi connectivity index (χ2n) is 3.54. The summed E-state index contributed by atoms with van der Waals surface area (Å²) in [4.78, 5) is 27.2. The molecule has 0 amide bonds. The topological polar surface area (TPSA) is 77.5 Å². The Hall–Kier alpha value is -2.08. The molecule has 0 atom stereocenters. The van der Waals surface area contributed by atoms with E-state index in [9.17, 15) is 9.59 Å². The molecule has 20 heavy (non-hydrogen) atoms. The molecule has 1 aromatic heterocycles. The largest absolute Gasteiger partial charge is 0.462 e. The fourth-order valence-corrected chi connectivity index (χ4v) is 1.44. The molecular formula is C13H15ClN2O4. The van der Waals surface area contributed by atoms with Gasteiger partial charge in [0.05, 0.1) is 30.1 Å². The van der Waals surface area contributed by atoms with E-state index in [-0.39, 0.29) is 18.8 Å². The zero-order chi connectivity index (χ0) is 15.0. The summed E-state index contributed by atoms with van der Waals surface area (Å²) >= 11 is 5.78. The van der Waals surface area contributed by atoms with Gasteiger partial charge in [0.25, 0.3) is 0 Å². The SMILES string of the molecule is CCOC(=O)C(=CNc1cncc(Cl)c1)C(=O)OCC. The third-order valence-electron chi connectivity index (χ3n) is 2.08. The maximum atomic E-state index is 11.7. The van der Waals surface area contributed by atoms with Crippen LogP contribution < -0.4 is 5.32 Å². The quantitative estimate of drug-likeness (QED) is 0.375. The number of pyridine rings is 1. The Kier molecular flexibility index (Phi) is 6.52. The molecule has 0 unspecified atom stereocenters. The first-order valence-electron chi connectivity index (χ1n) is 6.00. The van der Waals surface area contributed by atoms with Crippen molar-refractivity contribution in [2.45, 2.75) is 13.8 Å². The van der Waals surface area contributed by atoms with E-state index in [1.54, 1.807) is 19.9 Å². The van der Waals surface area contributed by atoms with Gasteiger partial charge in [0.15, 0.2) is 5.57 Å². The van der Waals surface area contributed by atoms with Crippen molar-refractivity contribution >= 4 is 29.2 Å². The van der Waals surface area contributed by atoms with Gasteiger partial charge >= 0.3 is 11.9 Å². The number of nitrogens with one attached hydrogen (secondary N) is 1. The van der Waals surface area contributed by atoms with Gasteiger partial charge in [0.1, 0.15) is 0 Å². The minimum absolute atomic E-state index is 0.161. The average molecular weight is 299 g/mol. The highest BCUT2D eigenvalue weighted by Gasteiger charge is 2.20. The summed E-state index contributed by atoms with van der Waals surface area (Å²) in [7, 11) is 0. The first-order chi connectivity index (χ1) is 9.58. The fourth-order valence-electron chi connectivity index (χ4n) is 1.27. The van der Waals surface area contributed by atoms with Crippen molar-refractivity contribution in [2.24, 2.45) is 0 Å². The Morgan fingerprint density at radius 2 is 1.85 bits per heavy atom. The van der Waals surface area contributed by atoms with Crippen LogP contribution in [0.25, 0.3) is 0 Å². The van der Waals surface area contributed by atoms with Crippen LogP contribution in [0.3, 0.4) is 0 Å². The van der Waals surface area contributed by atoms with E-state index in [0.717, 1.165) is 0 Å². The van der Waals surface area contributed by atoms with Gasteiger partial charge in [-0.2, -0.15) is 0 Å². The van der Waals surface area contributed by atoms with E-state index >= 15 is 0 Å². The highest BCUT2D eigenvalue weighted by atomic mass is 35.5. The van der Waals surface area contributed by atoms with Gasteiger partial charge in [0, 0.05) is 12.4 Å². The second kappa shape index (κ2) is 8.16. The number of anilines is 1. The summed E-state index contributed by atoms with van der Waals surface area (Å²) in [5.74, 6) is -1.51. The molecule has 0 bridgehead atoms. The van der Waals surface area contributed by atoms with E-state index < -0.39 is 11.9 Å². The second-order valence-corrected chi connectivity index (χ2v) is 3.97. The molecule has 0 radical (unpaired) electrons. The molecule has 0 saturated carbocycles. The van der Waals surface area contributed by atoms with Crippen LogP contribution in [0.5, 0.6) is 0 Å². The van der Waals surface area contributed by atoms with Crippen LogP contribution >= 0.6 is 11.6 Å². The normalized spacial score (nSPS) is 9.55. The lowest BCUT2D eigenvalue weighted by molar-refractivity contribution is -0.146. The van der Waals surface area contributed by atoms with Crippen molar-refractivity contribution in [1.29, 1.82) is 0 Å². The van der Waals surface area contributed by atoms with Crippen molar-refractivity contribution in [3.05, 3.63) is 35.3 Å². The number of nitrogens with zero attached hydrogens (tertiary/aromatic N) is 1. The number of ether oxygens (including phenoxy) is 2. The standard InChI is InChI=1S/C13H15ClN2O4/c1-3-19-12(17)11(13(18)20-4-2)8-16-10-5-9(14)6-15-7-10/h5-8,16H,3-4H2,1-2H3. The van der Waals surface area contributed by atoms with Crippen molar-refractivity contribution in [3.63, 3.8) is 0 Å². The molecule has 0 aliphatic rings. The van der Waals surface area contributed by atoms with Gasteiger partial charge in [-0.15, -0.1) is 0 Å². The van der Waals surface area contributed by atoms with E-state index in [1.807, 2.05) is 0 Å². The van der Waals surface area contributed by atoms with Gasteiger partial charge in [-0.05, 0) is 19.9 Å². The molecule has 0 aromatic carbocycles. The third kappa shape index (κ3) is 4.89. The Morgan fingerprint density at radius 1 is 1.25 bits per heavy atom. The zero-order valence-electron chi connectivity index (χ0n) is 11.2. The minimum Gasteiger partial charge on any atom is -0.462 e. The molecule has 0 spiro atoms. The summed E-state index contributed by atoms with van der Waals surface area (Å²) in [5.41, 5.74) is 0.303. The average Bonchev–Trinajstić information content (AvgIpc) is 2.39. The zero-order valence-corrected chi connectivity index (χ0v) is 11.9. The predicted octanol–water partition coefficient (Wildman–Crippen LogP) is 2.16. The lowest BCUT2D eigenvalue weighted by Gasteiger charge is -2.07. The lowest BCUT2D eigenvalue weighted by Crippen LogP contribution is -2.19. The van der Waals surface area contributed by atoms with Crippen molar-refractivity contribution < 1.29 is 19.1 Å². The summed E-state index contributed by atoms with van der Waals surface area (Å²) in [6.07, 6.45) is 4.17. The van der Waals surface area contributed by atoms with Crippen LogP contribution in [0.15, 0.2) is 30.2 Å². The smallest absolute Gasteiger partial charge is 0.347 e.